The molecular formula is C18H17FN2O3. The normalized spacial score (nSPS) is 21.4. The third-order valence-corrected chi connectivity index (χ3v) is 4.32. The second kappa shape index (κ2) is 6.22. The summed E-state index contributed by atoms with van der Waals surface area (Å²) in [4.78, 5) is 2.13. The van der Waals surface area contributed by atoms with Crippen molar-refractivity contribution in [3.63, 3.8) is 0 Å². The number of nitrogens with zero attached hydrogens (tertiary/aromatic N) is 2. The molecule has 0 spiro atoms. The second-order valence-electron chi connectivity index (χ2n) is 6.05. The molecule has 5 nitrogen and oxygen atoms in total. The Labute approximate surface area is 138 Å². The maximum absolute atomic E-state index is 13.1. The lowest BCUT2D eigenvalue weighted by atomic mass is 10.0. The van der Waals surface area contributed by atoms with E-state index in [1.807, 2.05) is 12.1 Å². The molecule has 0 unspecified atom stereocenters. The summed E-state index contributed by atoms with van der Waals surface area (Å²) < 4.78 is 23.8. The van der Waals surface area contributed by atoms with Gasteiger partial charge in [0, 0.05) is 25.2 Å². The summed E-state index contributed by atoms with van der Waals surface area (Å²) in [6, 6.07) is 11.9. The van der Waals surface area contributed by atoms with Crippen LogP contribution in [0, 0.1) is 5.82 Å². The summed E-state index contributed by atoms with van der Waals surface area (Å²) >= 11 is 0. The van der Waals surface area contributed by atoms with Crippen molar-refractivity contribution in [1.82, 2.24) is 10.1 Å². The highest BCUT2D eigenvalue weighted by atomic mass is 19.1. The highest BCUT2D eigenvalue weighted by Gasteiger charge is 2.32. The Bertz CT molecular complexity index is 798. The lowest BCUT2D eigenvalue weighted by molar-refractivity contribution is 0.171. The highest BCUT2D eigenvalue weighted by molar-refractivity contribution is 5.49. The first kappa shape index (κ1) is 15.1. The van der Waals surface area contributed by atoms with E-state index in [0.717, 1.165) is 11.3 Å². The van der Waals surface area contributed by atoms with E-state index in [4.69, 9.17) is 8.94 Å². The standard InChI is InChI=1S/C18H17FN2O3/c19-13-5-3-12(4-6-13)16-9-15(22)11-21(16)10-14-8-18(24-20-14)17-2-1-7-23-17/h1-8,15-16,22H,9-11H2/t15-,16-/m0/s1. The smallest absolute Gasteiger partial charge is 0.202 e. The van der Waals surface area contributed by atoms with Gasteiger partial charge in [0.2, 0.25) is 5.76 Å². The van der Waals surface area contributed by atoms with Gasteiger partial charge in [-0.05, 0) is 36.2 Å². The molecule has 0 amide bonds. The number of halogens is 1. The number of hydrogen-bond donors (Lipinski definition) is 1. The quantitative estimate of drug-likeness (QED) is 0.795. The number of hydrogen-bond acceptors (Lipinski definition) is 5. The van der Waals surface area contributed by atoms with E-state index in [0.29, 0.717) is 31.0 Å². The van der Waals surface area contributed by atoms with Crippen LogP contribution in [-0.2, 0) is 6.54 Å². The minimum Gasteiger partial charge on any atom is -0.461 e. The van der Waals surface area contributed by atoms with Crippen LogP contribution in [0.5, 0.6) is 0 Å². The van der Waals surface area contributed by atoms with Gasteiger partial charge in [0.15, 0.2) is 5.76 Å². The van der Waals surface area contributed by atoms with Crippen molar-refractivity contribution in [2.24, 2.45) is 0 Å². The summed E-state index contributed by atoms with van der Waals surface area (Å²) in [5, 5.41) is 14.1. The summed E-state index contributed by atoms with van der Waals surface area (Å²) in [5.41, 5.74) is 1.75. The van der Waals surface area contributed by atoms with E-state index in [-0.39, 0.29) is 11.9 Å². The SMILES string of the molecule is O[C@H]1C[C@@H](c2ccc(F)cc2)N(Cc2cc(-c3ccco3)on2)C1. The predicted octanol–water partition coefficient (Wildman–Crippen LogP) is 3.38. The Morgan fingerprint density at radius 3 is 2.79 bits per heavy atom. The van der Waals surface area contributed by atoms with Gasteiger partial charge in [-0.25, -0.2) is 4.39 Å². The van der Waals surface area contributed by atoms with Gasteiger partial charge in [0.1, 0.15) is 5.82 Å². The van der Waals surface area contributed by atoms with E-state index >= 15 is 0 Å². The summed E-state index contributed by atoms with van der Waals surface area (Å²) in [7, 11) is 0. The van der Waals surface area contributed by atoms with Gasteiger partial charge in [-0.15, -0.1) is 0 Å². The second-order valence-corrected chi connectivity index (χ2v) is 6.05. The van der Waals surface area contributed by atoms with Gasteiger partial charge in [-0.2, -0.15) is 0 Å². The Balaban J connectivity index is 1.53. The molecule has 6 heteroatoms. The van der Waals surface area contributed by atoms with Gasteiger partial charge in [-0.3, -0.25) is 4.90 Å². The molecule has 1 fully saturated rings. The lowest BCUT2D eigenvalue weighted by Crippen LogP contribution is -2.24. The number of aliphatic hydroxyl groups excluding tert-OH is 1. The highest BCUT2D eigenvalue weighted by Crippen LogP contribution is 2.33. The summed E-state index contributed by atoms with van der Waals surface area (Å²) in [6.07, 6.45) is 1.80. The van der Waals surface area contributed by atoms with Gasteiger partial charge in [0.25, 0.3) is 0 Å². The fraction of sp³-hybridized carbons (Fsp3) is 0.278. The average molecular weight is 328 g/mol. The third kappa shape index (κ3) is 2.98. The molecule has 0 radical (unpaired) electrons. The molecular weight excluding hydrogens is 311 g/mol. The first-order valence-corrected chi connectivity index (χ1v) is 7.86. The van der Waals surface area contributed by atoms with Crippen molar-refractivity contribution in [2.45, 2.75) is 25.1 Å². The molecule has 1 aromatic carbocycles. The van der Waals surface area contributed by atoms with Gasteiger partial charge < -0.3 is 14.0 Å². The van der Waals surface area contributed by atoms with E-state index in [2.05, 4.69) is 10.1 Å². The van der Waals surface area contributed by atoms with E-state index in [9.17, 15) is 9.50 Å². The van der Waals surface area contributed by atoms with Crippen molar-refractivity contribution in [3.8, 4) is 11.5 Å². The molecule has 124 valence electrons. The minimum absolute atomic E-state index is 0.0318. The minimum atomic E-state index is -0.406. The maximum atomic E-state index is 13.1. The van der Waals surface area contributed by atoms with Gasteiger partial charge in [-0.1, -0.05) is 17.3 Å². The van der Waals surface area contributed by atoms with Crippen molar-refractivity contribution >= 4 is 0 Å². The summed E-state index contributed by atoms with van der Waals surface area (Å²) in [5.74, 6) is 0.946. The average Bonchev–Trinajstić information content (AvgIpc) is 3.29. The summed E-state index contributed by atoms with van der Waals surface area (Å²) in [6.45, 7) is 1.09. The van der Waals surface area contributed by atoms with Crippen LogP contribution >= 0.6 is 0 Å². The fourth-order valence-electron chi connectivity index (χ4n) is 3.22. The maximum Gasteiger partial charge on any atom is 0.202 e. The molecule has 0 bridgehead atoms. The van der Waals surface area contributed by atoms with Crippen molar-refractivity contribution in [3.05, 3.63) is 65.8 Å². The molecule has 0 aliphatic carbocycles. The molecule has 1 N–H and O–H groups in total. The van der Waals surface area contributed by atoms with Gasteiger partial charge >= 0.3 is 0 Å². The lowest BCUT2D eigenvalue weighted by Gasteiger charge is -2.23. The first-order valence-electron chi connectivity index (χ1n) is 7.86. The van der Waals surface area contributed by atoms with Crippen LogP contribution in [0.25, 0.3) is 11.5 Å². The fourth-order valence-corrected chi connectivity index (χ4v) is 3.22. The molecule has 3 heterocycles. The zero-order valence-electron chi connectivity index (χ0n) is 12.9. The Kier molecular flexibility index (Phi) is 3.92. The van der Waals surface area contributed by atoms with Crippen LogP contribution in [0.3, 0.4) is 0 Å². The van der Waals surface area contributed by atoms with Crippen molar-refractivity contribution < 1.29 is 18.4 Å². The van der Waals surface area contributed by atoms with Crippen LogP contribution in [-0.4, -0.2) is 27.8 Å². The van der Waals surface area contributed by atoms with Crippen LogP contribution < -0.4 is 0 Å². The van der Waals surface area contributed by atoms with Crippen molar-refractivity contribution in [2.75, 3.05) is 6.54 Å². The molecule has 0 saturated carbocycles. The predicted molar refractivity (Wildman–Crippen MR) is 84.4 cm³/mol. The molecule has 24 heavy (non-hydrogen) atoms. The Hall–Kier alpha value is -2.44. The van der Waals surface area contributed by atoms with E-state index < -0.39 is 6.10 Å². The molecule has 3 aromatic rings. The first-order chi connectivity index (χ1) is 11.7. The zero-order chi connectivity index (χ0) is 16.5. The molecule has 1 aliphatic rings. The number of likely N-dealkylation sites (tertiary alicyclic amines) is 1. The molecule has 1 saturated heterocycles. The largest absolute Gasteiger partial charge is 0.461 e. The van der Waals surface area contributed by atoms with E-state index in [1.54, 1.807) is 24.5 Å². The van der Waals surface area contributed by atoms with Crippen LogP contribution in [0.1, 0.15) is 23.7 Å². The van der Waals surface area contributed by atoms with Crippen molar-refractivity contribution in [1.29, 1.82) is 0 Å². The van der Waals surface area contributed by atoms with Crippen LogP contribution in [0.4, 0.5) is 4.39 Å². The van der Waals surface area contributed by atoms with Gasteiger partial charge in [0.05, 0.1) is 18.1 Å². The Morgan fingerprint density at radius 1 is 1.21 bits per heavy atom. The number of benzene rings is 1. The number of β-amino-alcohol motifs (C(OH)–C–C–N with tert-alkyl or cyclic N) is 1. The molecule has 4 rings (SSSR count). The van der Waals surface area contributed by atoms with Crippen LogP contribution in [0.15, 0.2) is 57.7 Å². The van der Waals surface area contributed by atoms with Crippen LogP contribution in [0.2, 0.25) is 0 Å². The molecule has 2 aromatic heterocycles. The number of furan rings is 1. The zero-order valence-corrected chi connectivity index (χ0v) is 12.9. The topological polar surface area (TPSA) is 62.6 Å². The Morgan fingerprint density at radius 2 is 2.04 bits per heavy atom. The molecule has 2 atom stereocenters. The third-order valence-electron chi connectivity index (χ3n) is 4.32. The van der Waals surface area contributed by atoms with E-state index in [1.165, 1.54) is 12.1 Å². The molecule has 1 aliphatic heterocycles. The monoisotopic (exact) mass is 328 g/mol. The number of aliphatic hydroxyl groups is 1. The number of aromatic nitrogens is 1. The number of rotatable bonds is 4.